The molecule has 4 N–H and O–H groups in total. The fourth-order valence-electron chi connectivity index (χ4n) is 0.523. The van der Waals surface area contributed by atoms with Crippen LogP contribution in [0, 0.1) is 0 Å². The van der Waals surface area contributed by atoms with Crippen LogP contribution in [0.2, 0.25) is 0 Å². The maximum absolute atomic E-state index is 8.78. The average molecular weight is 149 g/mol. The van der Waals surface area contributed by atoms with E-state index in [0.717, 1.165) is 0 Å². The Labute approximate surface area is 60.5 Å². The normalized spacial score (nSPS) is 16.8. The number of aliphatic hydroxyl groups excluding tert-OH is 3. The molecule has 0 aromatic heterocycles. The van der Waals surface area contributed by atoms with Crippen molar-refractivity contribution in [3.63, 3.8) is 0 Å². The van der Waals surface area contributed by atoms with E-state index in [-0.39, 0.29) is 6.61 Å². The lowest BCUT2D eigenvalue weighted by Gasteiger charge is -2.09. The molecule has 0 aliphatic heterocycles. The van der Waals surface area contributed by atoms with Gasteiger partial charge in [0.25, 0.3) is 0 Å². The van der Waals surface area contributed by atoms with E-state index in [9.17, 15) is 0 Å². The molecule has 0 fully saturated rings. The minimum atomic E-state index is -0.723. The van der Waals surface area contributed by atoms with Crippen molar-refractivity contribution in [1.29, 1.82) is 0 Å². The fourth-order valence-corrected chi connectivity index (χ4v) is 0.523. The molecule has 10 heavy (non-hydrogen) atoms. The van der Waals surface area contributed by atoms with Crippen molar-refractivity contribution < 1.29 is 15.3 Å². The van der Waals surface area contributed by atoms with Crippen LogP contribution in [-0.2, 0) is 0 Å². The van der Waals surface area contributed by atoms with Crippen LogP contribution in [0.3, 0.4) is 0 Å². The Kier molecular flexibility index (Phi) is 5.52. The van der Waals surface area contributed by atoms with E-state index in [1.54, 1.807) is 6.92 Å². The summed E-state index contributed by atoms with van der Waals surface area (Å²) in [6, 6.07) is 0. The van der Waals surface area contributed by atoms with Gasteiger partial charge in [0.2, 0.25) is 0 Å². The first kappa shape index (κ1) is 9.84. The molecule has 4 heteroatoms. The van der Waals surface area contributed by atoms with E-state index in [1.165, 1.54) is 0 Å². The van der Waals surface area contributed by atoms with Gasteiger partial charge in [-0.3, -0.25) is 0 Å². The molecule has 0 aliphatic rings. The van der Waals surface area contributed by atoms with Crippen LogP contribution in [0.15, 0.2) is 0 Å². The van der Waals surface area contributed by atoms with Crippen molar-refractivity contribution >= 4 is 0 Å². The third-order valence-electron chi connectivity index (χ3n) is 1.03. The number of aliphatic hydroxyl groups is 3. The van der Waals surface area contributed by atoms with Crippen LogP contribution in [0.25, 0.3) is 0 Å². The molecule has 0 saturated heterocycles. The zero-order valence-electron chi connectivity index (χ0n) is 6.12. The lowest BCUT2D eigenvalue weighted by molar-refractivity contribution is 0.0903. The summed E-state index contributed by atoms with van der Waals surface area (Å²) in [7, 11) is 0. The summed E-state index contributed by atoms with van der Waals surface area (Å²) in [6.45, 7) is 2.17. The topological polar surface area (TPSA) is 72.7 Å². The Morgan fingerprint density at radius 1 is 1.30 bits per heavy atom. The first-order chi connectivity index (χ1) is 4.66. The highest BCUT2D eigenvalue weighted by Gasteiger charge is 2.00. The van der Waals surface area contributed by atoms with E-state index in [0.29, 0.717) is 13.1 Å². The standard InChI is InChI=1S/C6H15NO3/c1-5(9)2-7-3-6(10)4-8/h5-10H,2-4H2,1H3/t5-,6?/m0/s1. The van der Waals surface area contributed by atoms with Gasteiger partial charge in [0.05, 0.1) is 18.8 Å². The SMILES string of the molecule is C[C@H](O)CNCC(O)CO. The van der Waals surface area contributed by atoms with E-state index >= 15 is 0 Å². The summed E-state index contributed by atoms with van der Waals surface area (Å²) in [5, 5.41) is 28.6. The van der Waals surface area contributed by atoms with Gasteiger partial charge in [-0.1, -0.05) is 0 Å². The quantitative estimate of drug-likeness (QED) is 0.376. The second-order valence-electron chi connectivity index (χ2n) is 2.34. The van der Waals surface area contributed by atoms with Gasteiger partial charge in [-0.2, -0.15) is 0 Å². The third kappa shape index (κ3) is 5.97. The van der Waals surface area contributed by atoms with Crippen molar-refractivity contribution in [2.24, 2.45) is 0 Å². The maximum Gasteiger partial charge on any atom is 0.0894 e. The van der Waals surface area contributed by atoms with Gasteiger partial charge in [-0.25, -0.2) is 0 Å². The van der Waals surface area contributed by atoms with Gasteiger partial charge < -0.3 is 20.6 Å². The van der Waals surface area contributed by atoms with Crippen LogP contribution in [0.1, 0.15) is 6.92 Å². The third-order valence-corrected chi connectivity index (χ3v) is 1.03. The molecular weight excluding hydrogens is 134 g/mol. The Morgan fingerprint density at radius 2 is 1.90 bits per heavy atom. The van der Waals surface area contributed by atoms with Crippen molar-refractivity contribution in [3.8, 4) is 0 Å². The molecule has 0 bridgehead atoms. The second kappa shape index (κ2) is 5.61. The number of hydrogen-bond donors (Lipinski definition) is 4. The number of rotatable bonds is 5. The van der Waals surface area contributed by atoms with Gasteiger partial charge in [0.1, 0.15) is 0 Å². The molecule has 0 amide bonds. The molecule has 1 unspecified atom stereocenters. The zero-order chi connectivity index (χ0) is 7.98. The number of hydrogen-bond acceptors (Lipinski definition) is 4. The molecular formula is C6H15NO3. The smallest absolute Gasteiger partial charge is 0.0894 e. The molecule has 0 heterocycles. The van der Waals surface area contributed by atoms with Crippen molar-refractivity contribution in [1.82, 2.24) is 5.32 Å². The first-order valence-corrected chi connectivity index (χ1v) is 3.34. The van der Waals surface area contributed by atoms with E-state index < -0.39 is 12.2 Å². The predicted octanol–water partition coefficient (Wildman–Crippen LogP) is -1.69. The van der Waals surface area contributed by atoms with Gasteiger partial charge in [-0.15, -0.1) is 0 Å². The monoisotopic (exact) mass is 149 g/mol. The average Bonchev–Trinajstić information content (AvgIpc) is 1.87. The number of nitrogens with one attached hydrogen (secondary N) is 1. The molecule has 0 saturated carbocycles. The lowest BCUT2D eigenvalue weighted by Crippen LogP contribution is -2.33. The van der Waals surface area contributed by atoms with Crippen LogP contribution in [-0.4, -0.2) is 47.2 Å². The Bertz CT molecular complexity index is 77.4. The molecule has 0 rings (SSSR count). The van der Waals surface area contributed by atoms with Crippen molar-refractivity contribution in [3.05, 3.63) is 0 Å². The zero-order valence-corrected chi connectivity index (χ0v) is 6.12. The maximum atomic E-state index is 8.78. The first-order valence-electron chi connectivity index (χ1n) is 3.34. The minimum Gasteiger partial charge on any atom is -0.394 e. The minimum absolute atomic E-state index is 0.243. The van der Waals surface area contributed by atoms with Crippen LogP contribution in [0.4, 0.5) is 0 Å². The van der Waals surface area contributed by atoms with Crippen LogP contribution in [0.5, 0.6) is 0 Å². The molecule has 62 valence electrons. The lowest BCUT2D eigenvalue weighted by atomic mass is 10.3. The summed E-state index contributed by atoms with van der Waals surface area (Å²) in [4.78, 5) is 0. The van der Waals surface area contributed by atoms with Gasteiger partial charge >= 0.3 is 0 Å². The van der Waals surface area contributed by atoms with E-state index in [4.69, 9.17) is 15.3 Å². The van der Waals surface area contributed by atoms with E-state index in [2.05, 4.69) is 5.32 Å². The van der Waals surface area contributed by atoms with Crippen LogP contribution >= 0.6 is 0 Å². The summed E-state index contributed by atoms with van der Waals surface area (Å²) >= 11 is 0. The summed E-state index contributed by atoms with van der Waals surface area (Å²) in [5.41, 5.74) is 0. The highest BCUT2D eigenvalue weighted by atomic mass is 16.3. The van der Waals surface area contributed by atoms with Gasteiger partial charge in [-0.05, 0) is 6.92 Å². The van der Waals surface area contributed by atoms with Crippen molar-refractivity contribution in [2.45, 2.75) is 19.1 Å². The molecule has 0 spiro atoms. The Hall–Kier alpha value is -0.160. The highest BCUT2D eigenvalue weighted by molar-refractivity contribution is 4.58. The largest absolute Gasteiger partial charge is 0.394 e. The van der Waals surface area contributed by atoms with Gasteiger partial charge in [0, 0.05) is 13.1 Å². The predicted molar refractivity (Wildman–Crippen MR) is 37.6 cm³/mol. The summed E-state index contributed by atoms with van der Waals surface area (Å²) in [5.74, 6) is 0. The molecule has 0 aromatic rings. The van der Waals surface area contributed by atoms with Gasteiger partial charge in [0.15, 0.2) is 0 Å². The van der Waals surface area contributed by atoms with Crippen LogP contribution < -0.4 is 5.32 Å². The van der Waals surface area contributed by atoms with E-state index in [1.807, 2.05) is 0 Å². The summed E-state index contributed by atoms with van der Waals surface area (Å²) < 4.78 is 0. The highest BCUT2D eigenvalue weighted by Crippen LogP contribution is 1.78. The molecule has 4 nitrogen and oxygen atoms in total. The second-order valence-corrected chi connectivity index (χ2v) is 2.34. The Morgan fingerprint density at radius 3 is 2.30 bits per heavy atom. The fraction of sp³-hybridized carbons (Fsp3) is 1.00. The molecule has 2 atom stereocenters. The summed E-state index contributed by atoms with van der Waals surface area (Å²) in [6.07, 6.45) is -1.13. The Balaban J connectivity index is 3.03. The molecule has 0 aromatic carbocycles. The molecule has 0 radical (unpaired) electrons. The molecule has 0 aliphatic carbocycles. The van der Waals surface area contributed by atoms with Crippen molar-refractivity contribution in [2.75, 3.05) is 19.7 Å².